The highest BCUT2D eigenvalue weighted by molar-refractivity contribution is 14.1. The third-order valence-corrected chi connectivity index (χ3v) is 7.03. The number of carbonyl (C=O) groups is 1. The van der Waals surface area contributed by atoms with Crippen LogP contribution in [0.5, 0.6) is 0 Å². The Hall–Kier alpha value is -2.43. The summed E-state index contributed by atoms with van der Waals surface area (Å²) in [6.45, 7) is 1.32. The standard InChI is InChI=1S/C22H19ClIN3O3S/c1-16(17-6-5-7-19(24)14-17)25-26-22(28)15-27(20-12-10-18(23)11-13-20)31(29,30)21-8-3-2-4-9-21/h2-14H,15H2,1H3,(H,26,28)/b25-16-. The summed E-state index contributed by atoms with van der Waals surface area (Å²) in [6, 6.07) is 21.9. The number of nitrogens with zero attached hydrogens (tertiary/aromatic N) is 2. The number of hydrogen-bond donors (Lipinski definition) is 1. The normalized spacial score (nSPS) is 11.8. The molecule has 3 aromatic carbocycles. The molecule has 160 valence electrons. The third kappa shape index (κ3) is 6.05. The number of benzene rings is 3. The molecule has 0 bridgehead atoms. The molecule has 3 aromatic rings. The van der Waals surface area contributed by atoms with Crippen molar-refractivity contribution >= 4 is 61.5 Å². The predicted molar refractivity (Wildman–Crippen MR) is 132 cm³/mol. The van der Waals surface area contributed by atoms with Gasteiger partial charge in [-0.05, 0) is 83.6 Å². The van der Waals surface area contributed by atoms with E-state index in [1.54, 1.807) is 49.4 Å². The summed E-state index contributed by atoms with van der Waals surface area (Å²) in [6.07, 6.45) is 0. The largest absolute Gasteiger partial charge is 0.271 e. The highest BCUT2D eigenvalue weighted by Gasteiger charge is 2.27. The molecule has 6 nitrogen and oxygen atoms in total. The molecule has 0 unspecified atom stereocenters. The SMILES string of the molecule is C/C(=N/NC(=O)CN(c1ccc(Cl)cc1)S(=O)(=O)c1ccccc1)c1cccc(I)c1. The van der Waals surface area contributed by atoms with Crippen LogP contribution in [0.2, 0.25) is 5.02 Å². The fraction of sp³-hybridized carbons (Fsp3) is 0.0909. The Balaban J connectivity index is 1.85. The van der Waals surface area contributed by atoms with Crippen molar-refractivity contribution in [1.82, 2.24) is 5.43 Å². The van der Waals surface area contributed by atoms with Gasteiger partial charge in [0.1, 0.15) is 6.54 Å². The van der Waals surface area contributed by atoms with Crippen molar-refractivity contribution in [2.75, 3.05) is 10.8 Å². The third-order valence-electron chi connectivity index (χ3n) is 4.32. The van der Waals surface area contributed by atoms with E-state index in [4.69, 9.17) is 11.6 Å². The Kier molecular flexibility index (Phi) is 7.69. The molecule has 0 aliphatic heterocycles. The van der Waals surface area contributed by atoms with Crippen LogP contribution >= 0.6 is 34.2 Å². The average molecular weight is 568 g/mol. The molecule has 1 N–H and O–H groups in total. The monoisotopic (exact) mass is 567 g/mol. The number of nitrogens with one attached hydrogen (secondary N) is 1. The molecular formula is C22H19ClIN3O3S. The number of sulfonamides is 1. The van der Waals surface area contributed by atoms with Gasteiger partial charge in [-0.3, -0.25) is 9.10 Å². The minimum atomic E-state index is -3.98. The Bertz CT molecular complexity index is 1200. The summed E-state index contributed by atoms with van der Waals surface area (Å²) >= 11 is 8.14. The summed E-state index contributed by atoms with van der Waals surface area (Å²) in [5.74, 6) is -0.570. The fourth-order valence-corrected chi connectivity index (χ4v) is 4.84. The van der Waals surface area contributed by atoms with E-state index < -0.39 is 22.5 Å². The Labute approximate surface area is 200 Å². The molecule has 0 aliphatic carbocycles. The topological polar surface area (TPSA) is 78.8 Å². The van der Waals surface area contributed by atoms with Gasteiger partial charge in [-0.2, -0.15) is 5.10 Å². The van der Waals surface area contributed by atoms with E-state index in [9.17, 15) is 13.2 Å². The van der Waals surface area contributed by atoms with Crippen LogP contribution < -0.4 is 9.73 Å². The second-order valence-electron chi connectivity index (χ2n) is 6.54. The summed E-state index contributed by atoms with van der Waals surface area (Å²) in [5, 5.41) is 4.58. The zero-order valence-corrected chi connectivity index (χ0v) is 20.2. The number of anilines is 1. The van der Waals surface area contributed by atoms with Crippen LogP contribution in [-0.2, 0) is 14.8 Å². The van der Waals surface area contributed by atoms with Gasteiger partial charge in [0.05, 0.1) is 16.3 Å². The molecule has 0 saturated carbocycles. The zero-order chi connectivity index (χ0) is 22.4. The first-order valence-corrected chi connectivity index (χ1v) is 12.1. The van der Waals surface area contributed by atoms with Crippen LogP contribution in [0.4, 0.5) is 5.69 Å². The van der Waals surface area contributed by atoms with Gasteiger partial charge in [0.15, 0.2) is 0 Å². The number of halogens is 2. The van der Waals surface area contributed by atoms with Crippen molar-refractivity contribution in [2.24, 2.45) is 5.10 Å². The van der Waals surface area contributed by atoms with Crippen LogP contribution in [0, 0.1) is 3.57 Å². The van der Waals surface area contributed by atoms with E-state index in [0.29, 0.717) is 16.4 Å². The lowest BCUT2D eigenvalue weighted by Gasteiger charge is -2.23. The first-order chi connectivity index (χ1) is 14.8. The summed E-state index contributed by atoms with van der Waals surface area (Å²) in [5.41, 5.74) is 4.24. The van der Waals surface area contributed by atoms with Gasteiger partial charge < -0.3 is 0 Å². The van der Waals surface area contributed by atoms with E-state index in [-0.39, 0.29) is 4.90 Å². The lowest BCUT2D eigenvalue weighted by molar-refractivity contribution is -0.119. The highest BCUT2D eigenvalue weighted by Crippen LogP contribution is 2.25. The molecule has 0 heterocycles. The molecule has 0 fully saturated rings. The van der Waals surface area contributed by atoms with Crippen molar-refractivity contribution in [3.05, 3.63) is 93.0 Å². The smallest absolute Gasteiger partial charge is 0.264 e. The van der Waals surface area contributed by atoms with Gasteiger partial charge >= 0.3 is 0 Å². The second-order valence-corrected chi connectivity index (χ2v) is 10.1. The minimum Gasteiger partial charge on any atom is -0.271 e. The molecule has 0 saturated heterocycles. The zero-order valence-electron chi connectivity index (χ0n) is 16.5. The van der Waals surface area contributed by atoms with Gasteiger partial charge in [-0.15, -0.1) is 0 Å². The van der Waals surface area contributed by atoms with E-state index in [0.717, 1.165) is 13.4 Å². The summed E-state index contributed by atoms with van der Waals surface area (Å²) < 4.78 is 28.5. The van der Waals surface area contributed by atoms with Crippen LogP contribution in [-0.4, -0.2) is 26.6 Å². The number of hydrogen-bond acceptors (Lipinski definition) is 4. The van der Waals surface area contributed by atoms with Gasteiger partial charge in [-0.1, -0.05) is 41.9 Å². The number of amides is 1. The molecule has 31 heavy (non-hydrogen) atoms. The quantitative estimate of drug-likeness (QED) is 0.256. The Morgan fingerprint density at radius 3 is 2.35 bits per heavy atom. The molecule has 3 rings (SSSR count). The van der Waals surface area contributed by atoms with Crippen molar-refractivity contribution in [1.29, 1.82) is 0 Å². The lowest BCUT2D eigenvalue weighted by Crippen LogP contribution is -2.39. The maximum atomic E-state index is 13.2. The van der Waals surface area contributed by atoms with Crippen molar-refractivity contribution < 1.29 is 13.2 Å². The molecule has 0 atom stereocenters. The first-order valence-electron chi connectivity index (χ1n) is 9.20. The molecule has 0 radical (unpaired) electrons. The van der Waals surface area contributed by atoms with Crippen LogP contribution in [0.1, 0.15) is 12.5 Å². The van der Waals surface area contributed by atoms with Crippen molar-refractivity contribution in [3.8, 4) is 0 Å². The molecule has 0 aliphatic rings. The van der Waals surface area contributed by atoms with Gasteiger partial charge in [0, 0.05) is 8.59 Å². The van der Waals surface area contributed by atoms with Gasteiger partial charge in [0.25, 0.3) is 15.9 Å². The average Bonchev–Trinajstić information content (AvgIpc) is 2.77. The number of carbonyl (C=O) groups excluding carboxylic acids is 1. The first kappa shape index (κ1) is 23.2. The maximum Gasteiger partial charge on any atom is 0.264 e. The number of hydrazone groups is 1. The number of rotatable bonds is 7. The van der Waals surface area contributed by atoms with Crippen LogP contribution in [0.25, 0.3) is 0 Å². The van der Waals surface area contributed by atoms with Gasteiger partial charge in [-0.25, -0.2) is 13.8 Å². The highest BCUT2D eigenvalue weighted by atomic mass is 127. The van der Waals surface area contributed by atoms with Crippen LogP contribution in [0.15, 0.2) is 88.9 Å². The summed E-state index contributed by atoms with van der Waals surface area (Å²) in [7, 11) is -3.98. The lowest BCUT2D eigenvalue weighted by atomic mass is 10.1. The van der Waals surface area contributed by atoms with Gasteiger partial charge in [0.2, 0.25) is 0 Å². The maximum absolute atomic E-state index is 13.2. The van der Waals surface area contributed by atoms with Crippen LogP contribution in [0.3, 0.4) is 0 Å². The molecule has 0 aromatic heterocycles. The van der Waals surface area contributed by atoms with Crippen molar-refractivity contribution in [3.63, 3.8) is 0 Å². The molecule has 9 heteroatoms. The predicted octanol–water partition coefficient (Wildman–Crippen LogP) is 4.68. The van der Waals surface area contributed by atoms with E-state index in [1.165, 1.54) is 12.1 Å². The van der Waals surface area contributed by atoms with E-state index >= 15 is 0 Å². The van der Waals surface area contributed by atoms with E-state index in [2.05, 4.69) is 33.1 Å². The fourth-order valence-electron chi connectivity index (χ4n) is 2.73. The minimum absolute atomic E-state index is 0.0799. The molecule has 0 spiro atoms. The Morgan fingerprint density at radius 2 is 1.71 bits per heavy atom. The second kappa shape index (κ2) is 10.3. The Morgan fingerprint density at radius 1 is 1.03 bits per heavy atom. The van der Waals surface area contributed by atoms with E-state index in [1.807, 2.05) is 24.3 Å². The molecule has 1 amide bonds. The van der Waals surface area contributed by atoms with Crippen molar-refractivity contribution in [2.45, 2.75) is 11.8 Å². The molecular weight excluding hydrogens is 549 g/mol. The summed E-state index contributed by atoms with van der Waals surface area (Å²) in [4.78, 5) is 12.7.